The molecule has 1 atom stereocenters. The number of fused-ring (bicyclic) bond motifs is 1. The Morgan fingerprint density at radius 1 is 1.44 bits per heavy atom. The van der Waals surface area contributed by atoms with Crippen LogP contribution in [0.5, 0.6) is 0 Å². The van der Waals surface area contributed by atoms with E-state index in [9.17, 15) is 5.11 Å². The monoisotopic (exact) mass is 248 g/mol. The van der Waals surface area contributed by atoms with Crippen LogP contribution in [0.4, 0.5) is 0 Å². The molecular weight excluding hydrogens is 228 g/mol. The van der Waals surface area contributed by atoms with Crippen LogP contribution in [-0.2, 0) is 5.54 Å². The first kappa shape index (κ1) is 13.0. The van der Waals surface area contributed by atoms with Gasteiger partial charge < -0.3 is 15.4 Å². The minimum absolute atomic E-state index is 0.152. The zero-order chi connectivity index (χ0) is 13.3. The normalized spacial score (nSPS) is 14.1. The molecule has 0 aliphatic carbocycles. The van der Waals surface area contributed by atoms with Crippen molar-refractivity contribution < 1.29 is 5.11 Å². The highest BCUT2D eigenvalue weighted by atomic mass is 16.3. The van der Waals surface area contributed by atoms with Gasteiger partial charge in [-0.3, -0.25) is 4.98 Å². The number of rotatable bonds is 3. The molecule has 2 aromatic rings. The van der Waals surface area contributed by atoms with E-state index in [1.807, 2.05) is 6.07 Å². The number of aliphatic hydroxyl groups excluding tert-OH is 1. The van der Waals surface area contributed by atoms with Gasteiger partial charge in [-0.1, -0.05) is 0 Å². The van der Waals surface area contributed by atoms with E-state index < -0.39 is 6.10 Å². The third kappa shape index (κ3) is 2.23. The predicted octanol–water partition coefficient (Wildman–Crippen LogP) is 1.57. The number of nitrogens with two attached hydrogens (primary N) is 1. The second kappa shape index (κ2) is 4.66. The molecule has 0 amide bonds. The summed E-state index contributed by atoms with van der Waals surface area (Å²) in [5, 5.41) is 10.2. The molecule has 98 valence electrons. The maximum Gasteiger partial charge on any atom is 0.139 e. The molecule has 0 spiro atoms. The SMILES string of the molecule is CC(C)(C)n1c(C(O)CCN)nc2cnccc21. The second-order valence-corrected chi connectivity index (χ2v) is 5.43. The van der Waals surface area contributed by atoms with Gasteiger partial charge in [-0.05, 0) is 39.8 Å². The van der Waals surface area contributed by atoms with Gasteiger partial charge in [0.15, 0.2) is 0 Å². The molecule has 2 aromatic heterocycles. The van der Waals surface area contributed by atoms with Crippen molar-refractivity contribution in [3.63, 3.8) is 0 Å². The molecule has 0 aliphatic rings. The summed E-state index contributed by atoms with van der Waals surface area (Å²) in [5.74, 6) is 0.663. The van der Waals surface area contributed by atoms with E-state index in [4.69, 9.17) is 5.73 Å². The molecule has 0 aliphatic heterocycles. The van der Waals surface area contributed by atoms with Crippen molar-refractivity contribution in [1.29, 1.82) is 0 Å². The van der Waals surface area contributed by atoms with Gasteiger partial charge >= 0.3 is 0 Å². The van der Waals surface area contributed by atoms with Crippen LogP contribution in [0.15, 0.2) is 18.5 Å². The van der Waals surface area contributed by atoms with E-state index in [0.29, 0.717) is 18.8 Å². The van der Waals surface area contributed by atoms with Crippen LogP contribution in [0.3, 0.4) is 0 Å². The van der Waals surface area contributed by atoms with E-state index in [2.05, 4.69) is 35.3 Å². The van der Waals surface area contributed by atoms with Crippen molar-refractivity contribution in [2.24, 2.45) is 5.73 Å². The number of aliphatic hydroxyl groups is 1. The summed E-state index contributed by atoms with van der Waals surface area (Å²) in [6, 6.07) is 1.92. The van der Waals surface area contributed by atoms with Crippen molar-refractivity contribution >= 4 is 11.0 Å². The number of hydrogen-bond acceptors (Lipinski definition) is 4. The zero-order valence-electron chi connectivity index (χ0n) is 11.1. The summed E-state index contributed by atoms with van der Waals surface area (Å²) in [4.78, 5) is 8.57. The van der Waals surface area contributed by atoms with Crippen molar-refractivity contribution in [3.8, 4) is 0 Å². The molecule has 1 unspecified atom stereocenters. The van der Waals surface area contributed by atoms with Crippen LogP contribution >= 0.6 is 0 Å². The van der Waals surface area contributed by atoms with Gasteiger partial charge in [-0.25, -0.2) is 4.98 Å². The standard InChI is InChI=1S/C13H20N4O/c1-13(2,3)17-10-5-7-15-8-9(10)16-12(17)11(18)4-6-14/h5,7-8,11,18H,4,6,14H2,1-3H3. The van der Waals surface area contributed by atoms with Gasteiger partial charge in [-0.15, -0.1) is 0 Å². The molecule has 0 saturated carbocycles. The first-order chi connectivity index (χ1) is 8.45. The lowest BCUT2D eigenvalue weighted by atomic mass is 10.1. The lowest BCUT2D eigenvalue weighted by Crippen LogP contribution is -2.26. The molecule has 0 saturated heterocycles. The lowest BCUT2D eigenvalue weighted by molar-refractivity contribution is 0.149. The Bertz CT molecular complexity index is 541. The first-order valence-corrected chi connectivity index (χ1v) is 6.16. The molecule has 5 nitrogen and oxygen atoms in total. The van der Waals surface area contributed by atoms with Gasteiger partial charge in [0.1, 0.15) is 17.4 Å². The number of aromatic nitrogens is 3. The summed E-state index contributed by atoms with van der Waals surface area (Å²) in [5.41, 5.74) is 7.15. The van der Waals surface area contributed by atoms with Crippen LogP contribution in [0.1, 0.15) is 39.1 Å². The molecule has 0 aromatic carbocycles. The van der Waals surface area contributed by atoms with Crippen LogP contribution in [0.25, 0.3) is 11.0 Å². The highest BCUT2D eigenvalue weighted by Gasteiger charge is 2.25. The van der Waals surface area contributed by atoms with Crippen molar-refractivity contribution in [1.82, 2.24) is 14.5 Å². The molecule has 0 fully saturated rings. The molecule has 2 rings (SSSR count). The Hall–Kier alpha value is -1.46. The Labute approximate surface area is 107 Å². The van der Waals surface area contributed by atoms with Crippen molar-refractivity contribution in [3.05, 3.63) is 24.3 Å². The number of pyridine rings is 1. The summed E-state index contributed by atoms with van der Waals surface area (Å²) in [7, 11) is 0. The van der Waals surface area contributed by atoms with Gasteiger partial charge in [0.25, 0.3) is 0 Å². The van der Waals surface area contributed by atoms with Crippen LogP contribution in [0, 0.1) is 0 Å². The third-order valence-electron chi connectivity index (χ3n) is 2.89. The highest BCUT2D eigenvalue weighted by Crippen LogP contribution is 2.28. The molecule has 0 bridgehead atoms. The third-order valence-corrected chi connectivity index (χ3v) is 2.89. The molecule has 18 heavy (non-hydrogen) atoms. The average Bonchev–Trinajstić information content (AvgIpc) is 2.68. The largest absolute Gasteiger partial charge is 0.385 e. The molecular formula is C13H20N4O. The van der Waals surface area contributed by atoms with Crippen molar-refractivity contribution in [2.75, 3.05) is 6.54 Å². The smallest absolute Gasteiger partial charge is 0.139 e. The number of nitrogens with zero attached hydrogens (tertiary/aromatic N) is 3. The Kier molecular flexibility index (Phi) is 3.36. The Morgan fingerprint density at radius 3 is 2.78 bits per heavy atom. The molecule has 5 heteroatoms. The van der Waals surface area contributed by atoms with Crippen molar-refractivity contribution in [2.45, 2.75) is 38.8 Å². The van der Waals surface area contributed by atoms with Gasteiger partial charge in [0.05, 0.1) is 11.7 Å². The molecule has 0 radical (unpaired) electrons. The summed E-state index contributed by atoms with van der Waals surface area (Å²) >= 11 is 0. The number of hydrogen-bond donors (Lipinski definition) is 2. The minimum Gasteiger partial charge on any atom is -0.385 e. The van der Waals surface area contributed by atoms with Gasteiger partial charge in [-0.2, -0.15) is 0 Å². The fourth-order valence-corrected chi connectivity index (χ4v) is 2.17. The fraction of sp³-hybridized carbons (Fsp3) is 0.538. The second-order valence-electron chi connectivity index (χ2n) is 5.43. The fourth-order valence-electron chi connectivity index (χ4n) is 2.17. The van der Waals surface area contributed by atoms with E-state index in [1.165, 1.54) is 0 Å². The first-order valence-electron chi connectivity index (χ1n) is 6.16. The zero-order valence-corrected chi connectivity index (χ0v) is 11.1. The summed E-state index contributed by atoms with van der Waals surface area (Å²) < 4.78 is 2.06. The van der Waals surface area contributed by atoms with Crippen LogP contribution in [0.2, 0.25) is 0 Å². The maximum atomic E-state index is 10.2. The van der Waals surface area contributed by atoms with E-state index in [1.54, 1.807) is 12.4 Å². The topological polar surface area (TPSA) is 77.0 Å². The van der Waals surface area contributed by atoms with E-state index in [0.717, 1.165) is 11.0 Å². The van der Waals surface area contributed by atoms with Crippen LogP contribution < -0.4 is 5.73 Å². The lowest BCUT2D eigenvalue weighted by Gasteiger charge is -2.26. The Balaban J connectivity index is 2.64. The van der Waals surface area contributed by atoms with Gasteiger partial charge in [0, 0.05) is 11.7 Å². The Morgan fingerprint density at radius 2 is 2.17 bits per heavy atom. The van der Waals surface area contributed by atoms with Crippen LogP contribution in [-0.4, -0.2) is 26.2 Å². The van der Waals surface area contributed by atoms with E-state index in [-0.39, 0.29) is 5.54 Å². The van der Waals surface area contributed by atoms with E-state index >= 15 is 0 Å². The molecule has 2 heterocycles. The number of imidazole rings is 1. The maximum absolute atomic E-state index is 10.2. The van der Waals surface area contributed by atoms with Gasteiger partial charge in [0.2, 0.25) is 0 Å². The molecule has 3 N–H and O–H groups in total. The quantitative estimate of drug-likeness (QED) is 0.864. The summed E-state index contributed by atoms with van der Waals surface area (Å²) in [6.45, 7) is 6.71. The highest BCUT2D eigenvalue weighted by molar-refractivity contribution is 5.75. The minimum atomic E-state index is -0.637. The summed E-state index contributed by atoms with van der Waals surface area (Å²) in [6.07, 6.45) is 3.33. The predicted molar refractivity (Wildman–Crippen MR) is 71.2 cm³/mol. The average molecular weight is 248 g/mol.